The van der Waals surface area contributed by atoms with Gasteiger partial charge in [0, 0.05) is 55.9 Å². The van der Waals surface area contributed by atoms with Crippen LogP contribution in [0.4, 0.5) is 4.79 Å². The van der Waals surface area contributed by atoms with Gasteiger partial charge in [0.2, 0.25) is 23.6 Å². The first-order valence-corrected chi connectivity index (χ1v) is 30.9. The predicted octanol–water partition coefficient (Wildman–Crippen LogP) is 11.4. The second kappa shape index (κ2) is 24.7. The molecule has 0 radical (unpaired) electrons. The molecule has 0 bridgehead atoms. The van der Waals surface area contributed by atoms with Crippen LogP contribution in [0.2, 0.25) is 10.0 Å². The number of benzene rings is 4. The van der Waals surface area contributed by atoms with E-state index in [2.05, 4.69) is 67.3 Å². The molecule has 4 aromatic carbocycles. The number of rotatable bonds is 14. The van der Waals surface area contributed by atoms with Crippen molar-refractivity contribution in [2.75, 3.05) is 59.0 Å². The fraction of sp³-hybridized carbons (Fsp3) is 0.492. The van der Waals surface area contributed by atoms with Crippen LogP contribution in [0.15, 0.2) is 101 Å². The van der Waals surface area contributed by atoms with E-state index < -0.39 is 34.5 Å². The number of ether oxygens (including phenoxy) is 1. The largest absolute Gasteiger partial charge is 0.493 e. The fourth-order valence-corrected chi connectivity index (χ4v) is 13.3. The van der Waals surface area contributed by atoms with Crippen LogP contribution in [0.1, 0.15) is 134 Å². The topological polar surface area (TPSA) is 160 Å². The molecule has 2 N–H and O–H groups in total. The quantitative estimate of drug-likeness (QED) is 0.111. The number of nitrogens with zero attached hydrogens (tertiary/aromatic N) is 7. The van der Waals surface area contributed by atoms with Gasteiger partial charge in [-0.2, -0.15) is 0 Å². The van der Waals surface area contributed by atoms with Crippen molar-refractivity contribution in [3.05, 3.63) is 140 Å². The standard InChI is InChI=1S/C65H81Cl2N9O6S/c1-12-82-53-37-48(62(4,5)6)25-30-51(53)57-71-64(10,46-21-26-49(66)27-22-46)65(11,47-23-28-50(67)29-24-47)76(57)61(81)73-35-33-72(34-36-73)39-54(77)74-31-13-15-45(38-74)58(78)70-56(63(7,8)9)60(80)75-32-14-16-52(75)59(79)69-41(2)43-17-19-44(20-18-43)55-42(3)68-40-83-55/h17-30,37,40-41,45,52,56H,12-16,31-36,38-39H2,1-11H3,(H,69,79)(H,70,78)/t41-,45?,52-,56+,64-,65+/m0/s1. The van der Waals surface area contributed by atoms with Crippen LogP contribution in [-0.4, -0.2) is 136 Å². The molecule has 0 aliphatic carbocycles. The first-order valence-electron chi connectivity index (χ1n) is 29.2. The van der Waals surface area contributed by atoms with Gasteiger partial charge in [0.25, 0.3) is 0 Å². The third-order valence-corrected chi connectivity index (χ3v) is 19.0. The van der Waals surface area contributed by atoms with E-state index in [0.717, 1.165) is 38.4 Å². The lowest BCUT2D eigenvalue weighted by molar-refractivity contribution is -0.145. The van der Waals surface area contributed by atoms with Gasteiger partial charge in [-0.1, -0.05) is 119 Å². The van der Waals surface area contributed by atoms with Crippen LogP contribution in [0, 0.1) is 18.3 Å². The molecule has 3 saturated heterocycles. The zero-order valence-electron chi connectivity index (χ0n) is 50.0. The molecule has 442 valence electrons. The van der Waals surface area contributed by atoms with Gasteiger partial charge in [-0.05, 0) is 135 Å². The van der Waals surface area contributed by atoms with Crippen LogP contribution in [0.5, 0.6) is 5.75 Å². The minimum Gasteiger partial charge on any atom is -0.493 e. The van der Waals surface area contributed by atoms with E-state index in [9.17, 15) is 19.2 Å². The van der Waals surface area contributed by atoms with E-state index in [4.69, 9.17) is 32.9 Å². The molecule has 6 atom stereocenters. The number of piperidine rings is 1. The van der Waals surface area contributed by atoms with E-state index in [1.165, 1.54) is 0 Å². The number of hydrogen-bond donors (Lipinski definition) is 2. The summed E-state index contributed by atoms with van der Waals surface area (Å²) in [4.78, 5) is 93.0. The maximum Gasteiger partial charge on any atom is 0.326 e. The number of urea groups is 1. The van der Waals surface area contributed by atoms with Gasteiger partial charge in [0.05, 0.1) is 46.8 Å². The van der Waals surface area contributed by atoms with Crippen LogP contribution >= 0.6 is 34.5 Å². The molecular formula is C65H81Cl2N9O6S. The van der Waals surface area contributed by atoms with Crippen molar-refractivity contribution in [3.63, 3.8) is 0 Å². The highest BCUT2D eigenvalue weighted by atomic mass is 35.5. The number of likely N-dealkylation sites (tertiary alicyclic amines) is 2. The molecule has 4 aliphatic rings. The molecule has 83 heavy (non-hydrogen) atoms. The summed E-state index contributed by atoms with van der Waals surface area (Å²) >= 11 is 14.6. The van der Waals surface area contributed by atoms with E-state index in [1.807, 2.05) is 136 Å². The molecule has 0 spiro atoms. The van der Waals surface area contributed by atoms with Crippen molar-refractivity contribution in [2.24, 2.45) is 16.3 Å². The number of hydrogen-bond acceptors (Lipinski definition) is 10. The van der Waals surface area contributed by atoms with Crippen molar-refractivity contribution in [3.8, 4) is 16.2 Å². The summed E-state index contributed by atoms with van der Waals surface area (Å²) in [5.41, 5.74) is 5.33. The lowest BCUT2D eigenvalue weighted by Gasteiger charge is -2.47. The predicted molar refractivity (Wildman–Crippen MR) is 330 cm³/mol. The average Bonchev–Trinajstić information content (AvgIpc) is 4.42. The summed E-state index contributed by atoms with van der Waals surface area (Å²) in [7, 11) is 0. The number of nitrogens with one attached hydrogen (secondary N) is 2. The highest BCUT2D eigenvalue weighted by Crippen LogP contribution is 2.54. The van der Waals surface area contributed by atoms with E-state index in [1.54, 1.807) is 21.1 Å². The smallest absolute Gasteiger partial charge is 0.326 e. The second-order valence-electron chi connectivity index (χ2n) is 25.2. The number of piperazine rings is 1. The molecule has 1 unspecified atom stereocenters. The average molecular weight is 1190 g/mol. The highest BCUT2D eigenvalue weighted by molar-refractivity contribution is 7.13. The van der Waals surface area contributed by atoms with Gasteiger partial charge in [-0.3, -0.25) is 34.0 Å². The van der Waals surface area contributed by atoms with Crippen molar-refractivity contribution >= 4 is 70.0 Å². The number of amidine groups is 1. The third kappa shape index (κ3) is 12.7. The summed E-state index contributed by atoms with van der Waals surface area (Å²) in [6.45, 7) is 25.5. The van der Waals surface area contributed by atoms with Gasteiger partial charge in [0.15, 0.2) is 0 Å². The zero-order chi connectivity index (χ0) is 59.8. The Balaban J connectivity index is 0.861. The second-order valence-corrected chi connectivity index (χ2v) is 26.9. The molecule has 5 heterocycles. The summed E-state index contributed by atoms with van der Waals surface area (Å²) in [6.07, 6.45) is 2.39. The van der Waals surface area contributed by atoms with Crippen LogP contribution < -0.4 is 15.4 Å². The Morgan fingerprint density at radius 2 is 1.41 bits per heavy atom. The van der Waals surface area contributed by atoms with Gasteiger partial charge in [-0.25, -0.2) is 9.78 Å². The lowest BCUT2D eigenvalue weighted by atomic mass is 9.71. The number of halogens is 2. The molecule has 0 saturated carbocycles. The monoisotopic (exact) mass is 1190 g/mol. The lowest BCUT2D eigenvalue weighted by Crippen LogP contribution is -2.61. The van der Waals surface area contributed by atoms with Crippen LogP contribution in [0.25, 0.3) is 10.4 Å². The Labute approximate surface area is 504 Å². The molecule has 15 nitrogen and oxygen atoms in total. The first kappa shape index (κ1) is 61.2. The Bertz CT molecular complexity index is 3220. The van der Waals surface area contributed by atoms with Crippen LogP contribution in [-0.2, 0) is 35.7 Å². The Morgan fingerprint density at radius 3 is 2.01 bits per heavy atom. The number of carbonyl (C=O) groups excluding carboxylic acids is 5. The van der Waals surface area contributed by atoms with Gasteiger partial charge < -0.3 is 30.1 Å². The number of thiazole rings is 1. The molecule has 9 rings (SSSR count). The molecular weight excluding hydrogens is 1110 g/mol. The number of aryl methyl sites for hydroxylation is 1. The summed E-state index contributed by atoms with van der Waals surface area (Å²) in [5, 5.41) is 7.42. The summed E-state index contributed by atoms with van der Waals surface area (Å²) in [6, 6.07) is 27.4. The van der Waals surface area contributed by atoms with Crippen molar-refractivity contribution in [1.29, 1.82) is 0 Å². The molecule has 18 heteroatoms. The molecule has 4 aliphatic heterocycles. The number of amides is 6. The van der Waals surface area contributed by atoms with Crippen molar-refractivity contribution in [1.82, 2.24) is 40.1 Å². The minimum absolute atomic E-state index is 0.0955. The van der Waals surface area contributed by atoms with Crippen molar-refractivity contribution < 1.29 is 28.7 Å². The van der Waals surface area contributed by atoms with Gasteiger partial charge >= 0.3 is 6.03 Å². The molecule has 6 amide bonds. The van der Waals surface area contributed by atoms with Gasteiger partial charge in [-0.15, -0.1) is 11.3 Å². The number of aromatic nitrogens is 1. The Hall–Kier alpha value is -6.33. The van der Waals surface area contributed by atoms with Gasteiger partial charge in [0.1, 0.15) is 34.7 Å². The summed E-state index contributed by atoms with van der Waals surface area (Å²) < 4.78 is 6.40. The SMILES string of the molecule is CCOc1cc(C(C)(C)C)ccc1C1=N[C@@](C)(c2ccc(Cl)cc2)[C@@](C)(c2ccc(Cl)cc2)N1C(=O)N1CCN(CC(=O)N2CCCC(C(=O)N[C@H](C(=O)N3CCC[C@H]3C(=O)N[C@@H](C)c3ccc(-c4scnc4C)cc3)C(C)(C)C)C2)CC1. The molecule has 1 aromatic heterocycles. The number of aliphatic imine (C=N–C) groups is 1. The first-order chi connectivity index (χ1) is 39.3. The van der Waals surface area contributed by atoms with E-state index >= 15 is 4.79 Å². The zero-order valence-corrected chi connectivity index (χ0v) is 52.3. The van der Waals surface area contributed by atoms with E-state index in [-0.39, 0.29) is 54.2 Å². The Kier molecular flexibility index (Phi) is 18.2. The van der Waals surface area contributed by atoms with Crippen LogP contribution in [0.3, 0.4) is 0 Å². The fourth-order valence-electron chi connectivity index (χ4n) is 12.2. The maximum absolute atomic E-state index is 15.7. The van der Waals surface area contributed by atoms with E-state index in [0.29, 0.717) is 98.8 Å². The molecule has 5 aromatic rings. The number of carbonyl (C=O) groups is 5. The maximum atomic E-state index is 15.7. The highest BCUT2D eigenvalue weighted by Gasteiger charge is 2.60. The summed E-state index contributed by atoms with van der Waals surface area (Å²) in [5.74, 6) is -0.312. The Morgan fingerprint density at radius 1 is 0.771 bits per heavy atom. The van der Waals surface area contributed by atoms with Crippen molar-refractivity contribution in [2.45, 2.75) is 136 Å². The normalized spacial score (nSPS) is 22.3. The third-order valence-electron chi connectivity index (χ3n) is 17.5. The minimum atomic E-state index is -1.10. The molecule has 3 fully saturated rings.